The van der Waals surface area contributed by atoms with Gasteiger partial charge >= 0.3 is 6.03 Å². The number of benzene rings is 1. The molecule has 25 heavy (non-hydrogen) atoms. The fraction of sp³-hybridized carbons (Fsp3) is 0.611. The Hall–Kier alpha value is -1.66. The molecule has 0 bridgehead atoms. The van der Waals surface area contributed by atoms with E-state index < -0.39 is 0 Å². The lowest BCUT2D eigenvalue weighted by Gasteiger charge is -2.21. The molecule has 0 spiro atoms. The van der Waals surface area contributed by atoms with Crippen molar-refractivity contribution in [2.24, 2.45) is 0 Å². The summed E-state index contributed by atoms with van der Waals surface area (Å²) in [5.41, 5.74) is 0.500. The summed E-state index contributed by atoms with van der Waals surface area (Å²) >= 11 is 6.05. The minimum absolute atomic E-state index is 0.305. The molecule has 0 unspecified atom stereocenters. The second-order valence-electron chi connectivity index (χ2n) is 6.05. The highest BCUT2D eigenvalue weighted by Crippen LogP contribution is 2.35. The van der Waals surface area contributed by atoms with E-state index in [0.29, 0.717) is 41.5 Å². The van der Waals surface area contributed by atoms with E-state index in [9.17, 15) is 4.79 Å². The van der Waals surface area contributed by atoms with Crippen LogP contribution in [0.1, 0.15) is 38.5 Å². The van der Waals surface area contributed by atoms with E-state index in [4.69, 9.17) is 25.8 Å². The zero-order valence-electron chi connectivity index (χ0n) is 14.9. The highest BCUT2D eigenvalue weighted by atomic mass is 35.5. The molecule has 2 amide bonds. The predicted molar refractivity (Wildman–Crippen MR) is 99.0 cm³/mol. The Kier molecular flexibility index (Phi) is 8.15. The number of hydrogen-bond acceptors (Lipinski definition) is 4. The van der Waals surface area contributed by atoms with E-state index in [1.807, 2.05) is 0 Å². The van der Waals surface area contributed by atoms with Crippen molar-refractivity contribution in [3.63, 3.8) is 0 Å². The van der Waals surface area contributed by atoms with Gasteiger partial charge in [-0.15, -0.1) is 0 Å². The summed E-state index contributed by atoms with van der Waals surface area (Å²) in [5, 5.41) is 5.98. The van der Waals surface area contributed by atoms with Gasteiger partial charge in [-0.05, 0) is 19.3 Å². The molecule has 7 heteroatoms. The molecule has 0 saturated heterocycles. The summed E-state index contributed by atoms with van der Waals surface area (Å²) in [6.07, 6.45) is 7.34. The van der Waals surface area contributed by atoms with Crippen molar-refractivity contribution in [2.75, 3.05) is 32.7 Å². The Balaban J connectivity index is 1.72. The number of hydrogen-bond donors (Lipinski definition) is 2. The van der Waals surface area contributed by atoms with Crippen LogP contribution < -0.4 is 20.1 Å². The Morgan fingerprint density at radius 2 is 1.88 bits per heavy atom. The standard InChI is InChI=1S/C18H27ClN2O4/c1-23-16-12-15(17(24-2)11-14(16)19)21-18(22)20-9-6-10-25-13-7-4-3-5-8-13/h11-13H,3-10H2,1-2H3,(H2,20,21,22). The summed E-state index contributed by atoms with van der Waals surface area (Å²) in [6, 6.07) is 2.93. The number of nitrogens with one attached hydrogen (secondary N) is 2. The maximum Gasteiger partial charge on any atom is 0.319 e. The molecule has 1 saturated carbocycles. The highest BCUT2D eigenvalue weighted by Gasteiger charge is 2.14. The van der Waals surface area contributed by atoms with Gasteiger partial charge in [0.25, 0.3) is 0 Å². The molecule has 6 nitrogen and oxygen atoms in total. The zero-order chi connectivity index (χ0) is 18.1. The fourth-order valence-electron chi connectivity index (χ4n) is 2.88. The van der Waals surface area contributed by atoms with Crippen molar-refractivity contribution in [1.82, 2.24) is 5.32 Å². The van der Waals surface area contributed by atoms with Crippen LogP contribution in [0.4, 0.5) is 10.5 Å². The number of anilines is 1. The van der Waals surface area contributed by atoms with Crippen LogP contribution in [0.25, 0.3) is 0 Å². The van der Waals surface area contributed by atoms with Gasteiger partial charge in [-0.3, -0.25) is 0 Å². The summed E-state index contributed by atoms with van der Waals surface area (Å²) in [5.74, 6) is 0.945. The summed E-state index contributed by atoms with van der Waals surface area (Å²) in [6.45, 7) is 1.22. The van der Waals surface area contributed by atoms with E-state index in [-0.39, 0.29) is 6.03 Å². The fourth-order valence-corrected chi connectivity index (χ4v) is 3.11. The normalized spacial score (nSPS) is 14.8. The Morgan fingerprint density at radius 3 is 2.56 bits per heavy atom. The number of urea groups is 1. The summed E-state index contributed by atoms with van der Waals surface area (Å²) in [7, 11) is 3.04. The number of halogens is 1. The largest absolute Gasteiger partial charge is 0.495 e. The van der Waals surface area contributed by atoms with Gasteiger partial charge in [0.15, 0.2) is 0 Å². The molecule has 0 aromatic heterocycles. The smallest absolute Gasteiger partial charge is 0.319 e. The molecule has 1 fully saturated rings. The number of methoxy groups -OCH3 is 2. The van der Waals surface area contributed by atoms with Crippen LogP contribution >= 0.6 is 11.6 Å². The van der Waals surface area contributed by atoms with Crippen LogP contribution in [-0.2, 0) is 4.74 Å². The van der Waals surface area contributed by atoms with Crippen LogP contribution in [0.15, 0.2) is 12.1 Å². The molecule has 2 N–H and O–H groups in total. The van der Waals surface area contributed by atoms with Crippen molar-refractivity contribution in [3.05, 3.63) is 17.2 Å². The van der Waals surface area contributed by atoms with Crippen LogP contribution in [0, 0.1) is 0 Å². The van der Waals surface area contributed by atoms with Gasteiger partial charge < -0.3 is 24.8 Å². The molecule has 0 radical (unpaired) electrons. The minimum Gasteiger partial charge on any atom is -0.495 e. The molecule has 2 rings (SSSR count). The Bertz CT molecular complexity index is 562. The monoisotopic (exact) mass is 370 g/mol. The average Bonchev–Trinajstić information content (AvgIpc) is 2.63. The number of rotatable bonds is 8. The first kappa shape index (κ1) is 19.7. The van der Waals surface area contributed by atoms with Gasteiger partial charge in [0, 0.05) is 25.3 Å². The van der Waals surface area contributed by atoms with Gasteiger partial charge in [0.05, 0.1) is 31.0 Å². The topological polar surface area (TPSA) is 68.8 Å². The number of amides is 2. The first-order valence-corrected chi connectivity index (χ1v) is 9.09. The summed E-state index contributed by atoms with van der Waals surface area (Å²) < 4.78 is 16.2. The average molecular weight is 371 g/mol. The summed E-state index contributed by atoms with van der Waals surface area (Å²) in [4.78, 5) is 12.0. The SMILES string of the molecule is COc1cc(NC(=O)NCCCOC2CCCCC2)c(OC)cc1Cl. The predicted octanol–water partition coefficient (Wildman–Crippen LogP) is 4.22. The van der Waals surface area contributed by atoms with Crippen molar-refractivity contribution < 1.29 is 19.0 Å². The quantitative estimate of drug-likeness (QED) is 0.672. The van der Waals surface area contributed by atoms with Crippen LogP contribution in [0.2, 0.25) is 5.02 Å². The molecule has 0 aliphatic heterocycles. The molecular weight excluding hydrogens is 344 g/mol. The van der Waals surface area contributed by atoms with Crippen molar-refractivity contribution >= 4 is 23.3 Å². The van der Waals surface area contributed by atoms with Crippen LogP contribution in [0.5, 0.6) is 11.5 Å². The third-order valence-corrected chi connectivity index (χ3v) is 4.53. The van der Waals surface area contributed by atoms with E-state index in [0.717, 1.165) is 19.3 Å². The number of ether oxygens (including phenoxy) is 3. The van der Waals surface area contributed by atoms with Gasteiger partial charge in [-0.25, -0.2) is 4.79 Å². The lowest BCUT2D eigenvalue weighted by atomic mass is 9.98. The minimum atomic E-state index is -0.305. The van der Waals surface area contributed by atoms with E-state index >= 15 is 0 Å². The number of carbonyl (C=O) groups excluding carboxylic acids is 1. The Labute approximate surface area is 154 Å². The van der Waals surface area contributed by atoms with Crippen molar-refractivity contribution in [3.8, 4) is 11.5 Å². The lowest BCUT2D eigenvalue weighted by Crippen LogP contribution is -2.30. The van der Waals surface area contributed by atoms with Crippen LogP contribution in [0.3, 0.4) is 0 Å². The molecular formula is C18H27ClN2O4. The first-order valence-electron chi connectivity index (χ1n) is 8.72. The highest BCUT2D eigenvalue weighted by molar-refractivity contribution is 6.32. The molecule has 1 aliphatic carbocycles. The van der Waals surface area contributed by atoms with Crippen molar-refractivity contribution in [2.45, 2.75) is 44.6 Å². The first-order chi connectivity index (χ1) is 12.1. The molecule has 1 aliphatic rings. The second kappa shape index (κ2) is 10.4. The van der Waals surface area contributed by atoms with E-state index in [2.05, 4.69) is 10.6 Å². The third-order valence-electron chi connectivity index (χ3n) is 4.23. The van der Waals surface area contributed by atoms with Crippen molar-refractivity contribution in [1.29, 1.82) is 0 Å². The lowest BCUT2D eigenvalue weighted by molar-refractivity contribution is 0.0276. The molecule has 1 aromatic carbocycles. The van der Waals surface area contributed by atoms with Gasteiger partial charge in [-0.2, -0.15) is 0 Å². The maximum absolute atomic E-state index is 12.0. The third kappa shape index (κ3) is 6.29. The molecule has 140 valence electrons. The van der Waals surface area contributed by atoms with Crippen LogP contribution in [-0.4, -0.2) is 39.5 Å². The second-order valence-corrected chi connectivity index (χ2v) is 6.46. The van der Waals surface area contributed by atoms with Gasteiger partial charge in [0.2, 0.25) is 0 Å². The zero-order valence-corrected chi connectivity index (χ0v) is 15.7. The molecule has 1 aromatic rings. The maximum atomic E-state index is 12.0. The Morgan fingerprint density at radius 1 is 1.16 bits per heavy atom. The van der Waals surface area contributed by atoms with E-state index in [1.54, 1.807) is 12.1 Å². The molecule has 0 heterocycles. The number of carbonyl (C=O) groups is 1. The van der Waals surface area contributed by atoms with Gasteiger partial charge in [0.1, 0.15) is 11.5 Å². The molecule has 0 atom stereocenters. The van der Waals surface area contributed by atoms with E-state index in [1.165, 1.54) is 33.5 Å². The van der Waals surface area contributed by atoms with Gasteiger partial charge in [-0.1, -0.05) is 30.9 Å².